The van der Waals surface area contributed by atoms with Crippen LogP contribution in [0.1, 0.15) is 21.8 Å². The highest BCUT2D eigenvalue weighted by molar-refractivity contribution is 7.11. The molecule has 7 nitrogen and oxygen atoms in total. The van der Waals surface area contributed by atoms with Crippen LogP contribution in [-0.4, -0.2) is 63.1 Å². The number of amides is 1. The van der Waals surface area contributed by atoms with Crippen LogP contribution >= 0.6 is 11.3 Å². The molecule has 1 amide bonds. The average Bonchev–Trinajstić information content (AvgIpc) is 3.13. The van der Waals surface area contributed by atoms with Crippen LogP contribution in [0, 0.1) is 6.92 Å². The summed E-state index contributed by atoms with van der Waals surface area (Å²) in [6.45, 7) is 3.22. The maximum atomic E-state index is 12.5. The Morgan fingerprint density at radius 3 is 2.96 bits per heavy atom. The van der Waals surface area contributed by atoms with Crippen LogP contribution in [0.3, 0.4) is 0 Å². The van der Waals surface area contributed by atoms with Gasteiger partial charge in [-0.3, -0.25) is 9.78 Å². The number of rotatable bonds is 4. The predicted molar refractivity (Wildman–Crippen MR) is 87.6 cm³/mol. The number of carbonyl (C=O) groups excluding carboxylic acids is 1. The molecule has 3 heterocycles. The predicted octanol–water partition coefficient (Wildman–Crippen LogP) is 0.955. The van der Waals surface area contributed by atoms with E-state index in [4.69, 9.17) is 0 Å². The number of likely N-dealkylation sites (N-methyl/N-ethyl adjacent to an activating group) is 1. The fourth-order valence-electron chi connectivity index (χ4n) is 2.83. The van der Waals surface area contributed by atoms with Gasteiger partial charge in [0.2, 0.25) is 0 Å². The lowest BCUT2D eigenvalue weighted by Crippen LogP contribution is -2.45. The monoisotopic (exact) mass is 333 g/mol. The second-order valence-electron chi connectivity index (χ2n) is 5.89. The molecule has 1 aliphatic heterocycles. The molecule has 0 unspecified atom stereocenters. The van der Waals surface area contributed by atoms with Crippen molar-refractivity contribution in [1.82, 2.24) is 19.9 Å². The summed E-state index contributed by atoms with van der Waals surface area (Å²) < 4.78 is 0. The molecule has 1 fully saturated rings. The van der Waals surface area contributed by atoms with Gasteiger partial charge >= 0.3 is 0 Å². The van der Waals surface area contributed by atoms with Crippen LogP contribution in [0.15, 0.2) is 24.1 Å². The molecule has 122 valence electrons. The Labute approximate surface area is 138 Å². The number of hydrogen-bond donors (Lipinski definition) is 1. The lowest BCUT2D eigenvalue weighted by molar-refractivity contribution is 0.0266. The quantitative estimate of drug-likeness (QED) is 0.897. The number of aryl methyl sites for hydroxylation is 1. The largest absolute Gasteiger partial charge is 0.386 e. The Morgan fingerprint density at radius 2 is 2.30 bits per heavy atom. The maximum Gasteiger partial charge on any atom is 0.265 e. The zero-order valence-corrected chi connectivity index (χ0v) is 14.0. The minimum Gasteiger partial charge on any atom is -0.386 e. The molecule has 0 saturated carbocycles. The van der Waals surface area contributed by atoms with E-state index >= 15 is 0 Å². The van der Waals surface area contributed by atoms with Gasteiger partial charge < -0.3 is 14.9 Å². The van der Waals surface area contributed by atoms with Crippen molar-refractivity contribution in [3.05, 3.63) is 34.7 Å². The van der Waals surface area contributed by atoms with Crippen LogP contribution in [-0.2, 0) is 0 Å². The third-order valence-electron chi connectivity index (χ3n) is 4.02. The van der Waals surface area contributed by atoms with Gasteiger partial charge in [-0.1, -0.05) is 0 Å². The lowest BCUT2D eigenvalue weighted by atomic mass is 10.0. The summed E-state index contributed by atoms with van der Waals surface area (Å²) in [4.78, 5) is 29.1. The summed E-state index contributed by atoms with van der Waals surface area (Å²) in [5.74, 6) is 0.645. The lowest BCUT2D eigenvalue weighted by Gasteiger charge is -2.29. The normalized spacial score (nSPS) is 20.7. The SMILES string of the molecule is Cc1ncsc1C(=O)N(C)C[C@]1(O)CCN(c2cnccn2)C1. The minimum absolute atomic E-state index is 0.101. The van der Waals surface area contributed by atoms with E-state index in [-0.39, 0.29) is 12.5 Å². The van der Waals surface area contributed by atoms with Crippen molar-refractivity contribution in [2.75, 3.05) is 31.6 Å². The van der Waals surface area contributed by atoms with E-state index in [1.807, 2.05) is 11.8 Å². The summed E-state index contributed by atoms with van der Waals surface area (Å²) in [6.07, 6.45) is 5.52. The molecule has 1 aliphatic rings. The van der Waals surface area contributed by atoms with Crippen molar-refractivity contribution in [3.8, 4) is 0 Å². The zero-order valence-electron chi connectivity index (χ0n) is 13.1. The van der Waals surface area contributed by atoms with Crippen molar-refractivity contribution in [2.24, 2.45) is 0 Å². The van der Waals surface area contributed by atoms with E-state index in [1.54, 1.807) is 36.0 Å². The van der Waals surface area contributed by atoms with Crippen LogP contribution < -0.4 is 4.90 Å². The summed E-state index contributed by atoms with van der Waals surface area (Å²) in [5.41, 5.74) is 1.45. The van der Waals surface area contributed by atoms with Gasteiger partial charge in [-0.25, -0.2) is 9.97 Å². The number of carbonyl (C=O) groups is 1. The van der Waals surface area contributed by atoms with E-state index in [2.05, 4.69) is 15.0 Å². The van der Waals surface area contributed by atoms with Gasteiger partial charge in [-0.05, 0) is 13.3 Å². The number of nitrogens with zero attached hydrogens (tertiary/aromatic N) is 5. The van der Waals surface area contributed by atoms with Crippen LogP contribution in [0.25, 0.3) is 0 Å². The summed E-state index contributed by atoms with van der Waals surface area (Å²) in [7, 11) is 1.71. The molecule has 0 radical (unpaired) electrons. The maximum absolute atomic E-state index is 12.5. The van der Waals surface area contributed by atoms with Gasteiger partial charge in [-0.2, -0.15) is 0 Å². The average molecular weight is 333 g/mol. The summed E-state index contributed by atoms with van der Waals surface area (Å²) >= 11 is 1.33. The number of hydrogen-bond acceptors (Lipinski definition) is 7. The molecule has 23 heavy (non-hydrogen) atoms. The third-order valence-corrected chi connectivity index (χ3v) is 4.94. The van der Waals surface area contributed by atoms with Crippen LogP contribution in [0.5, 0.6) is 0 Å². The molecule has 0 aliphatic carbocycles. The van der Waals surface area contributed by atoms with E-state index in [0.29, 0.717) is 24.4 Å². The molecule has 2 aromatic heterocycles. The Balaban J connectivity index is 1.66. The van der Waals surface area contributed by atoms with Crippen molar-refractivity contribution in [3.63, 3.8) is 0 Å². The number of aliphatic hydroxyl groups is 1. The zero-order chi connectivity index (χ0) is 16.4. The van der Waals surface area contributed by atoms with Crippen molar-refractivity contribution >= 4 is 23.1 Å². The number of anilines is 1. The van der Waals surface area contributed by atoms with Crippen molar-refractivity contribution in [1.29, 1.82) is 0 Å². The number of β-amino-alcohol motifs (C(OH)–C–C–N with tert-alkyl or cyclic N) is 1. The van der Waals surface area contributed by atoms with Gasteiger partial charge in [-0.15, -0.1) is 11.3 Å². The molecule has 1 saturated heterocycles. The van der Waals surface area contributed by atoms with Crippen LogP contribution in [0.2, 0.25) is 0 Å². The van der Waals surface area contributed by atoms with Gasteiger partial charge in [0, 0.05) is 32.5 Å². The molecule has 1 atom stereocenters. The first-order valence-corrected chi connectivity index (χ1v) is 8.25. The Bertz CT molecular complexity index is 692. The molecular weight excluding hydrogens is 314 g/mol. The fraction of sp³-hybridized carbons (Fsp3) is 0.467. The summed E-state index contributed by atoms with van der Waals surface area (Å²) in [5, 5.41) is 10.8. The van der Waals surface area contributed by atoms with Gasteiger partial charge in [0.1, 0.15) is 16.3 Å². The first kappa shape index (κ1) is 15.8. The van der Waals surface area contributed by atoms with Gasteiger partial charge in [0.25, 0.3) is 5.91 Å². The van der Waals surface area contributed by atoms with E-state index in [0.717, 1.165) is 11.5 Å². The first-order valence-electron chi connectivity index (χ1n) is 7.37. The summed E-state index contributed by atoms with van der Waals surface area (Å²) in [6, 6.07) is 0. The van der Waals surface area contributed by atoms with Crippen molar-refractivity contribution in [2.45, 2.75) is 18.9 Å². The Hall–Kier alpha value is -2.06. The highest BCUT2D eigenvalue weighted by Crippen LogP contribution is 2.26. The van der Waals surface area contributed by atoms with E-state index in [1.165, 1.54) is 11.3 Å². The highest BCUT2D eigenvalue weighted by atomic mass is 32.1. The number of aromatic nitrogens is 3. The Morgan fingerprint density at radius 1 is 1.48 bits per heavy atom. The second kappa shape index (κ2) is 6.21. The Kier molecular flexibility index (Phi) is 4.27. The standard InChI is InChI=1S/C15H19N5O2S/c1-11-13(23-10-18-11)14(21)19(2)8-15(22)3-6-20(9-15)12-7-16-4-5-17-12/h4-5,7,10,22H,3,6,8-9H2,1-2H3/t15-/m1/s1. The molecule has 2 aromatic rings. The second-order valence-corrected chi connectivity index (χ2v) is 6.74. The van der Waals surface area contributed by atoms with E-state index < -0.39 is 5.60 Å². The first-order chi connectivity index (χ1) is 11.0. The highest BCUT2D eigenvalue weighted by Gasteiger charge is 2.38. The minimum atomic E-state index is -0.944. The third kappa shape index (κ3) is 3.32. The number of thiazole rings is 1. The smallest absolute Gasteiger partial charge is 0.265 e. The van der Waals surface area contributed by atoms with Crippen LogP contribution in [0.4, 0.5) is 5.82 Å². The van der Waals surface area contributed by atoms with Gasteiger partial charge in [0.05, 0.1) is 23.9 Å². The fourth-order valence-corrected chi connectivity index (χ4v) is 3.63. The molecule has 0 bridgehead atoms. The molecule has 8 heteroatoms. The molecule has 0 spiro atoms. The molecule has 0 aromatic carbocycles. The molecular formula is C15H19N5O2S. The molecule has 3 rings (SSSR count). The topological polar surface area (TPSA) is 82.5 Å². The van der Waals surface area contributed by atoms with E-state index in [9.17, 15) is 9.90 Å². The molecule has 1 N–H and O–H groups in total. The van der Waals surface area contributed by atoms with Gasteiger partial charge in [0.15, 0.2) is 0 Å². The van der Waals surface area contributed by atoms with Crippen molar-refractivity contribution < 1.29 is 9.90 Å².